The molecule has 0 aliphatic heterocycles. The maximum atomic E-state index is 10.8. The van der Waals surface area contributed by atoms with E-state index in [-0.39, 0.29) is 33.9 Å². The predicted molar refractivity (Wildman–Crippen MR) is 251 cm³/mol. The Hall–Kier alpha value is -6.38. The van der Waals surface area contributed by atoms with Gasteiger partial charge >= 0.3 is 0 Å². The topological polar surface area (TPSA) is 16.4 Å². The first-order chi connectivity index (χ1) is 39.6. The summed E-state index contributed by atoms with van der Waals surface area (Å²) in [7, 11) is 0. The summed E-state index contributed by atoms with van der Waals surface area (Å²) in [5.74, 6) is 0. The maximum absolute atomic E-state index is 10.8. The van der Waals surface area contributed by atoms with Gasteiger partial charge in [-0.25, -0.2) is 0 Å². The van der Waals surface area contributed by atoms with Gasteiger partial charge in [0.05, 0.1) is 42.7 Å². The molecule has 0 unspecified atom stereocenters. The van der Waals surface area contributed by atoms with Gasteiger partial charge in [-0.05, 0) is 122 Å². The van der Waals surface area contributed by atoms with Crippen LogP contribution >= 0.6 is 0 Å². The van der Waals surface area contributed by atoms with Crippen molar-refractivity contribution in [2.24, 2.45) is 10.8 Å². The van der Waals surface area contributed by atoms with Crippen LogP contribution in [0.2, 0.25) is 0 Å². The molecule has 0 bridgehead atoms. The highest BCUT2D eigenvalue weighted by Gasteiger charge is 2.58. The van der Waals surface area contributed by atoms with Crippen molar-refractivity contribution in [2.45, 2.75) is 60.8 Å². The van der Waals surface area contributed by atoms with E-state index in [0.717, 1.165) is 4.90 Å². The smallest absolute Gasteiger partial charge is 0.159 e. The summed E-state index contributed by atoms with van der Waals surface area (Å²) in [6.45, 7) is 14.0. The maximum Gasteiger partial charge on any atom is 0.159 e. The summed E-state index contributed by atoms with van der Waals surface area (Å²) >= 11 is 0. The van der Waals surface area contributed by atoms with Crippen molar-refractivity contribution < 1.29 is 41.4 Å². The second-order valence-corrected chi connectivity index (χ2v) is 16.5. The SMILES string of the molecule is [2H]c1c([2H])c([2H])c(-c2c([2H])c([2H])c(N(c3c([2H])c4c(c([2H])c3C)-c3c([2H])c([2H])c([2H])c(C)c3C4(C(C)(C)C)C(C)(C)C)c3c([2H])c([2H])c([2H])c4c3oc3c5c([2H])c([2H])c([2H])c([2H])c5c(-c5c([2H])c([2H])c([2H])c([2H])c5[2H])c([2H])c34)c([2H])c2[2H])c([2H])c1[2H]. The summed E-state index contributed by atoms with van der Waals surface area (Å²) in [6.07, 6.45) is 0. The minimum atomic E-state index is -1.54. The zero-order valence-corrected chi connectivity index (χ0v) is 33.4. The number of furan rings is 1. The lowest BCUT2D eigenvalue weighted by molar-refractivity contribution is 0.0944. The van der Waals surface area contributed by atoms with E-state index in [1.54, 1.807) is 6.92 Å². The first-order valence-electron chi connectivity index (χ1n) is 32.3. The monoisotopic (exact) mass is 793 g/mol. The number of hydrogen-bond acceptors (Lipinski definition) is 2. The average Bonchev–Trinajstić information content (AvgIpc) is 1.47. The first kappa shape index (κ1) is 17.9. The normalized spacial score (nSPS) is 20.0. The fraction of sp³-hybridized carbons (Fsp3) is 0.193. The molecular formula is C57H51NO. The van der Waals surface area contributed by atoms with Gasteiger partial charge < -0.3 is 9.32 Å². The summed E-state index contributed by atoms with van der Waals surface area (Å²) in [6, 6.07) is -22.5. The van der Waals surface area contributed by atoms with Crippen LogP contribution in [0.4, 0.5) is 17.1 Å². The number of anilines is 3. The van der Waals surface area contributed by atoms with Gasteiger partial charge in [-0.15, -0.1) is 0 Å². The molecule has 9 aromatic rings. The van der Waals surface area contributed by atoms with Crippen molar-refractivity contribution in [3.8, 4) is 33.4 Å². The molecule has 0 radical (unpaired) electrons. The van der Waals surface area contributed by atoms with E-state index in [1.807, 2.05) is 41.5 Å². The molecule has 1 aliphatic carbocycles. The number of rotatable bonds is 5. The second-order valence-electron chi connectivity index (χ2n) is 16.5. The van der Waals surface area contributed by atoms with Crippen LogP contribution in [-0.2, 0) is 5.41 Å². The molecule has 0 amide bonds. The third-order valence-corrected chi connectivity index (χ3v) is 11.2. The zero-order chi connectivity index (χ0) is 64.3. The van der Waals surface area contributed by atoms with Crippen LogP contribution in [0, 0.1) is 24.7 Å². The van der Waals surface area contributed by atoms with Gasteiger partial charge in [-0.3, -0.25) is 0 Å². The van der Waals surface area contributed by atoms with E-state index >= 15 is 0 Å². The third-order valence-electron chi connectivity index (χ3n) is 11.2. The van der Waals surface area contributed by atoms with Crippen molar-refractivity contribution in [3.63, 3.8) is 0 Å². The van der Waals surface area contributed by atoms with Gasteiger partial charge in [0.2, 0.25) is 0 Å². The van der Waals surface area contributed by atoms with Crippen molar-refractivity contribution in [1.82, 2.24) is 0 Å². The molecule has 0 N–H and O–H groups in total. The molecule has 1 aromatic heterocycles. The van der Waals surface area contributed by atoms with E-state index in [9.17, 15) is 17.8 Å². The number of para-hydroxylation sites is 1. The molecule has 10 rings (SSSR count). The Morgan fingerprint density at radius 1 is 0.458 bits per heavy atom. The first-order valence-corrected chi connectivity index (χ1v) is 18.8. The Labute approximate surface area is 386 Å². The highest BCUT2D eigenvalue weighted by molar-refractivity contribution is 6.21. The van der Waals surface area contributed by atoms with Crippen LogP contribution < -0.4 is 4.90 Å². The number of fused-ring (bicyclic) bond motifs is 8. The van der Waals surface area contributed by atoms with Crippen molar-refractivity contribution in [3.05, 3.63) is 185 Å². The van der Waals surface area contributed by atoms with Crippen LogP contribution in [0.3, 0.4) is 0 Å². The Balaban J connectivity index is 1.52. The Morgan fingerprint density at radius 3 is 1.71 bits per heavy atom. The summed E-state index contributed by atoms with van der Waals surface area (Å²) < 4.78 is 257. The number of nitrogens with zero attached hydrogens (tertiary/aromatic N) is 1. The molecule has 8 aromatic carbocycles. The predicted octanol–water partition coefficient (Wildman–Crippen LogP) is 16.5. The second kappa shape index (κ2) is 13.3. The quantitative estimate of drug-likeness (QED) is 0.173. The highest BCUT2D eigenvalue weighted by atomic mass is 16.3. The molecule has 59 heavy (non-hydrogen) atoms. The fourth-order valence-electron chi connectivity index (χ4n) is 9.24. The van der Waals surface area contributed by atoms with E-state index < -0.39 is 245 Å². The minimum absolute atomic E-state index is 0.00367. The van der Waals surface area contributed by atoms with E-state index in [2.05, 4.69) is 0 Å². The lowest BCUT2D eigenvalue weighted by atomic mass is 9.49. The summed E-state index contributed by atoms with van der Waals surface area (Å²) in [5.41, 5.74) is -9.68. The Bertz CT molecular complexity index is 4560. The highest BCUT2D eigenvalue weighted by Crippen LogP contribution is 2.66. The molecule has 2 heteroatoms. The summed E-state index contributed by atoms with van der Waals surface area (Å²) in [4.78, 5) is 0.823. The molecule has 1 heterocycles. The average molecular weight is 793 g/mol. The van der Waals surface area contributed by atoms with Crippen molar-refractivity contribution in [1.29, 1.82) is 0 Å². The van der Waals surface area contributed by atoms with Crippen molar-refractivity contribution >= 4 is 49.8 Å². The molecule has 290 valence electrons. The Kier molecular flexibility index (Phi) is 4.03. The van der Waals surface area contributed by atoms with Gasteiger partial charge in [-0.1, -0.05) is 168 Å². The largest absolute Gasteiger partial charge is 0.453 e. The van der Waals surface area contributed by atoms with Gasteiger partial charge in [-0.2, -0.15) is 0 Å². The molecule has 0 saturated heterocycles. The standard InChI is InChI=1S/C57H51NO/c1-36-19-17-26-43-47-33-37(2)51(35-49(47)57(52(36)43,55(3,4)5)56(6,7)8)58(41-31-29-39(30-32-41)38-20-11-9-12-21-38)50-28-18-27-45-48-34-46(40-22-13-10-14-23-40)42-24-15-16-25-44(42)53(48)59-54(45)50/h9-35H,1-8H3/i9D,10D,11D,12D,13D,14D,15D,16D,17D,18D,19D,20D,21D,22D,23D,24D,25D,26D,27D,28D,29D,30D,31D,32D,33D,34D,35D. The minimum Gasteiger partial charge on any atom is -0.453 e. The van der Waals surface area contributed by atoms with Crippen molar-refractivity contribution in [2.75, 3.05) is 4.90 Å². The fourth-order valence-corrected chi connectivity index (χ4v) is 9.24. The molecule has 2 nitrogen and oxygen atoms in total. The van der Waals surface area contributed by atoms with Gasteiger partial charge in [0, 0.05) is 32.9 Å². The van der Waals surface area contributed by atoms with E-state index in [4.69, 9.17) is 23.6 Å². The zero-order valence-electron chi connectivity index (χ0n) is 60.4. The molecule has 0 saturated carbocycles. The molecule has 0 fully saturated rings. The van der Waals surface area contributed by atoms with Crippen LogP contribution in [-0.4, -0.2) is 0 Å². The van der Waals surface area contributed by atoms with Gasteiger partial charge in [0.1, 0.15) is 5.58 Å². The lowest BCUT2D eigenvalue weighted by Crippen LogP contribution is -2.50. The number of benzene rings is 8. The lowest BCUT2D eigenvalue weighted by Gasteiger charge is -2.53. The van der Waals surface area contributed by atoms with E-state index in [1.165, 1.54) is 6.92 Å². The van der Waals surface area contributed by atoms with Crippen LogP contribution in [0.1, 0.15) is 101 Å². The molecule has 0 atom stereocenters. The Morgan fingerprint density at radius 2 is 1.03 bits per heavy atom. The van der Waals surface area contributed by atoms with E-state index in [0.29, 0.717) is 5.56 Å². The summed E-state index contributed by atoms with van der Waals surface area (Å²) in [5, 5.41) is -2.34. The third kappa shape index (κ3) is 5.46. The molecular weight excluding hydrogens is 715 g/mol. The van der Waals surface area contributed by atoms with Crippen LogP contribution in [0.15, 0.2) is 168 Å². The number of hydrogen-bond donors (Lipinski definition) is 0. The van der Waals surface area contributed by atoms with Gasteiger partial charge in [0.15, 0.2) is 5.58 Å². The molecule has 1 aliphatic rings. The van der Waals surface area contributed by atoms with Crippen LogP contribution in [0.25, 0.3) is 66.1 Å². The van der Waals surface area contributed by atoms with Crippen LogP contribution in [0.5, 0.6) is 0 Å². The molecule has 0 spiro atoms. The van der Waals surface area contributed by atoms with Gasteiger partial charge in [0.25, 0.3) is 0 Å².